The number of alkyl halides is 6. The van der Waals surface area contributed by atoms with Crippen LogP contribution in [0, 0.1) is 5.82 Å². The molecular formula is C8H4F7NO. The second-order valence-corrected chi connectivity index (χ2v) is 2.90. The molecule has 0 aliphatic heterocycles. The van der Waals surface area contributed by atoms with Gasteiger partial charge in [-0.25, -0.2) is 9.37 Å². The van der Waals surface area contributed by atoms with Gasteiger partial charge in [-0.1, -0.05) is 0 Å². The van der Waals surface area contributed by atoms with Gasteiger partial charge in [0.2, 0.25) is 5.88 Å². The molecule has 0 N–H and O–H groups in total. The Hall–Kier alpha value is -1.54. The SMILES string of the molecule is Fc1ccc(OC(C(F)(F)F)C(F)(F)F)nc1. The fourth-order valence-corrected chi connectivity index (χ4v) is 0.872. The van der Waals surface area contributed by atoms with Crippen molar-refractivity contribution in [3.8, 4) is 5.88 Å². The summed E-state index contributed by atoms with van der Waals surface area (Å²) in [6, 6.07) is 1.20. The predicted molar refractivity (Wildman–Crippen MR) is 40.7 cm³/mol. The van der Waals surface area contributed by atoms with E-state index in [0.717, 1.165) is 0 Å². The molecule has 0 amide bonds. The molecule has 0 spiro atoms. The van der Waals surface area contributed by atoms with Crippen molar-refractivity contribution >= 4 is 0 Å². The number of hydrogen-bond acceptors (Lipinski definition) is 2. The smallest absolute Gasteiger partial charge is 0.434 e. The fraction of sp³-hybridized carbons (Fsp3) is 0.375. The molecule has 0 aliphatic carbocycles. The van der Waals surface area contributed by atoms with Crippen molar-refractivity contribution in [3.63, 3.8) is 0 Å². The first-order valence-corrected chi connectivity index (χ1v) is 4.02. The summed E-state index contributed by atoms with van der Waals surface area (Å²) in [7, 11) is 0. The van der Waals surface area contributed by atoms with Gasteiger partial charge in [-0.15, -0.1) is 0 Å². The lowest BCUT2D eigenvalue weighted by Gasteiger charge is -2.23. The van der Waals surface area contributed by atoms with Crippen LogP contribution in [0.3, 0.4) is 0 Å². The maximum atomic E-state index is 12.3. The van der Waals surface area contributed by atoms with Crippen LogP contribution in [0.5, 0.6) is 5.88 Å². The van der Waals surface area contributed by atoms with E-state index in [0.29, 0.717) is 18.3 Å². The van der Waals surface area contributed by atoms with E-state index in [1.165, 1.54) is 0 Å². The maximum Gasteiger partial charge on any atom is 0.434 e. The van der Waals surface area contributed by atoms with E-state index >= 15 is 0 Å². The highest BCUT2D eigenvalue weighted by molar-refractivity contribution is 5.11. The zero-order valence-electron chi connectivity index (χ0n) is 7.81. The summed E-state index contributed by atoms with van der Waals surface area (Å²) >= 11 is 0. The number of nitrogens with zero attached hydrogens (tertiary/aromatic N) is 1. The normalized spacial score (nSPS) is 12.9. The first kappa shape index (κ1) is 13.5. The number of rotatable bonds is 2. The summed E-state index contributed by atoms with van der Waals surface area (Å²) in [6.07, 6.45) is -14.8. The number of halogens is 7. The molecule has 0 saturated heterocycles. The van der Waals surface area contributed by atoms with Gasteiger partial charge in [0.1, 0.15) is 5.82 Å². The number of pyridine rings is 1. The molecule has 2 nitrogen and oxygen atoms in total. The highest BCUT2D eigenvalue weighted by atomic mass is 19.4. The zero-order valence-corrected chi connectivity index (χ0v) is 7.81. The monoisotopic (exact) mass is 263 g/mol. The Balaban J connectivity index is 2.92. The van der Waals surface area contributed by atoms with Gasteiger partial charge in [-0.3, -0.25) is 0 Å². The predicted octanol–water partition coefficient (Wildman–Crippen LogP) is 3.09. The minimum absolute atomic E-state index is 0.444. The van der Waals surface area contributed by atoms with E-state index in [1.54, 1.807) is 0 Å². The molecule has 1 aromatic heterocycles. The molecule has 1 heterocycles. The van der Waals surface area contributed by atoms with Crippen molar-refractivity contribution in [1.82, 2.24) is 4.98 Å². The Kier molecular flexibility index (Phi) is 3.48. The molecule has 96 valence electrons. The maximum absolute atomic E-state index is 12.3. The minimum atomic E-state index is -5.63. The Morgan fingerprint density at radius 3 is 1.88 bits per heavy atom. The lowest BCUT2D eigenvalue weighted by Crippen LogP contribution is -2.46. The largest absolute Gasteiger partial charge is 0.455 e. The van der Waals surface area contributed by atoms with Crippen LogP contribution in [0.4, 0.5) is 30.7 Å². The van der Waals surface area contributed by atoms with Crippen LogP contribution < -0.4 is 4.74 Å². The molecule has 0 radical (unpaired) electrons. The van der Waals surface area contributed by atoms with Crippen molar-refractivity contribution in [2.24, 2.45) is 0 Å². The van der Waals surface area contributed by atoms with Gasteiger partial charge in [0.25, 0.3) is 6.10 Å². The average Bonchev–Trinajstić information content (AvgIpc) is 2.13. The second kappa shape index (κ2) is 4.38. The molecule has 17 heavy (non-hydrogen) atoms. The lowest BCUT2D eigenvalue weighted by molar-refractivity contribution is -0.300. The fourth-order valence-electron chi connectivity index (χ4n) is 0.872. The molecule has 1 aromatic rings. The van der Waals surface area contributed by atoms with Crippen LogP contribution in [0.1, 0.15) is 0 Å². The first-order chi connectivity index (χ1) is 7.60. The van der Waals surface area contributed by atoms with E-state index in [2.05, 4.69) is 9.72 Å². The summed E-state index contributed by atoms with van der Waals surface area (Å²) in [5.41, 5.74) is 0. The van der Waals surface area contributed by atoms with Crippen LogP contribution in [0.15, 0.2) is 18.3 Å². The Morgan fingerprint density at radius 1 is 1.00 bits per heavy atom. The topological polar surface area (TPSA) is 22.1 Å². The Morgan fingerprint density at radius 2 is 1.53 bits per heavy atom. The van der Waals surface area contributed by atoms with Crippen LogP contribution in [0.25, 0.3) is 0 Å². The zero-order chi connectivity index (χ0) is 13.3. The highest BCUT2D eigenvalue weighted by Gasteiger charge is 2.59. The van der Waals surface area contributed by atoms with Crippen molar-refractivity contribution in [2.75, 3.05) is 0 Å². The van der Waals surface area contributed by atoms with E-state index in [1.807, 2.05) is 0 Å². The van der Waals surface area contributed by atoms with Gasteiger partial charge in [0.05, 0.1) is 6.20 Å². The summed E-state index contributed by atoms with van der Waals surface area (Å²) < 4.78 is 88.2. The van der Waals surface area contributed by atoms with Crippen LogP contribution in [-0.4, -0.2) is 23.4 Å². The molecule has 0 atom stereocenters. The summed E-state index contributed by atoms with van der Waals surface area (Å²) in [6.45, 7) is 0. The molecule has 0 aromatic carbocycles. The number of ether oxygens (including phenoxy) is 1. The molecular weight excluding hydrogens is 259 g/mol. The molecule has 9 heteroatoms. The van der Waals surface area contributed by atoms with Gasteiger partial charge < -0.3 is 4.74 Å². The standard InChI is InChI=1S/C8H4F7NO/c9-4-1-2-5(16-3-4)17-6(7(10,11)12)8(13,14)15/h1-3,6H. The highest BCUT2D eigenvalue weighted by Crippen LogP contribution is 2.35. The lowest BCUT2D eigenvalue weighted by atomic mass is 10.3. The third-order valence-electron chi connectivity index (χ3n) is 1.53. The molecule has 0 unspecified atom stereocenters. The van der Waals surface area contributed by atoms with E-state index < -0.39 is 30.2 Å². The molecule has 1 rings (SSSR count). The second-order valence-electron chi connectivity index (χ2n) is 2.90. The van der Waals surface area contributed by atoms with Gasteiger partial charge >= 0.3 is 12.4 Å². The molecule has 0 saturated carbocycles. The van der Waals surface area contributed by atoms with Gasteiger partial charge in [0.15, 0.2) is 0 Å². The van der Waals surface area contributed by atoms with Crippen molar-refractivity contribution in [1.29, 1.82) is 0 Å². The quantitative estimate of drug-likeness (QED) is 0.765. The third-order valence-corrected chi connectivity index (χ3v) is 1.53. The van der Waals surface area contributed by atoms with E-state index in [9.17, 15) is 30.7 Å². The van der Waals surface area contributed by atoms with Crippen LogP contribution >= 0.6 is 0 Å². The van der Waals surface area contributed by atoms with Gasteiger partial charge in [-0.05, 0) is 6.07 Å². The third kappa shape index (κ3) is 3.75. The number of hydrogen-bond donors (Lipinski definition) is 0. The van der Waals surface area contributed by atoms with Crippen LogP contribution in [-0.2, 0) is 0 Å². The number of aromatic nitrogens is 1. The minimum Gasteiger partial charge on any atom is -0.455 e. The average molecular weight is 263 g/mol. The van der Waals surface area contributed by atoms with Crippen LogP contribution in [0.2, 0.25) is 0 Å². The molecule has 0 aliphatic rings. The summed E-state index contributed by atoms with van der Waals surface area (Å²) in [4.78, 5) is 2.95. The Labute approximate surface area is 90.0 Å². The van der Waals surface area contributed by atoms with Crippen molar-refractivity contribution < 1.29 is 35.5 Å². The van der Waals surface area contributed by atoms with Crippen molar-refractivity contribution in [3.05, 3.63) is 24.1 Å². The van der Waals surface area contributed by atoms with E-state index in [-0.39, 0.29) is 0 Å². The molecule has 0 bridgehead atoms. The first-order valence-electron chi connectivity index (χ1n) is 4.02. The van der Waals surface area contributed by atoms with Gasteiger partial charge in [0, 0.05) is 6.07 Å². The molecule has 0 fully saturated rings. The summed E-state index contributed by atoms with van der Waals surface area (Å²) in [5.74, 6) is -1.88. The van der Waals surface area contributed by atoms with Crippen molar-refractivity contribution in [2.45, 2.75) is 18.5 Å². The van der Waals surface area contributed by atoms with Gasteiger partial charge in [-0.2, -0.15) is 26.3 Å². The van der Waals surface area contributed by atoms with E-state index in [4.69, 9.17) is 0 Å². The Bertz CT molecular complexity index is 355. The summed E-state index contributed by atoms with van der Waals surface area (Å²) in [5, 5.41) is 0.